The molecule has 184 valence electrons. The quantitative estimate of drug-likeness (QED) is 0.346. The van der Waals surface area contributed by atoms with Crippen molar-refractivity contribution in [3.63, 3.8) is 0 Å². The van der Waals surface area contributed by atoms with Crippen LogP contribution in [0.3, 0.4) is 0 Å². The molecular formula is C28H31BrCl2N4. The molecule has 0 unspecified atom stereocenters. The smallest absolute Gasteiger partial charge is 0.0840 e. The third-order valence-corrected chi connectivity index (χ3v) is 9.41. The zero-order valence-electron chi connectivity index (χ0n) is 19.9. The lowest BCUT2D eigenvalue weighted by Crippen LogP contribution is -2.47. The summed E-state index contributed by atoms with van der Waals surface area (Å²) in [7, 11) is 0. The Balaban J connectivity index is 1.29. The van der Waals surface area contributed by atoms with E-state index in [4.69, 9.17) is 28.3 Å². The molecule has 3 aromatic rings. The number of aryl methyl sites for hydroxylation is 1. The summed E-state index contributed by atoms with van der Waals surface area (Å²) >= 11 is 16.5. The average molecular weight is 574 g/mol. The second kappa shape index (κ2) is 9.83. The summed E-state index contributed by atoms with van der Waals surface area (Å²) in [6.45, 7) is 2.99. The molecule has 2 aliphatic carbocycles. The Labute approximate surface area is 226 Å². The number of benzene rings is 2. The Bertz CT molecular complexity index is 1240. The molecule has 4 nitrogen and oxygen atoms in total. The van der Waals surface area contributed by atoms with Crippen LogP contribution in [0.25, 0.3) is 16.9 Å². The molecule has 2 heterocycles. The molecule has 7 heteroatoms. The summed E-state index contributed by atoms with van der Waals surface area (Å²) in [5, 5.41) is 8.80. The van der Waals surface area contributed by atoms with E-state index in [0.29, 0.717) is 15.5 Å². The summed E-state index contributed by atoms with van der Waals surface area (Å²) in [4.78, 5) is 0. The van der Waals surface area contributed by atoms with Gasteiger partial charge >= 0.3 is 0 Å². The van der Waals surface area contributed by atoms with Gasteiger partial charge < -0.3 is 0 Å². The fourth-order valence-corrected chi connectivity index (χ4v) is 7.29. The minimum atomic E-state index is 0.611. The van der Waals surface area contributed by atoms with Gasteiger partial charge in [0.2, 0.25) is 0 Å². The van der Waals surface area contributed by atoms with Crippen LogP contribution in [0.2, 0.25) is 10.0 Å². The van der Waals surface area contributed by atoms with Crippen LogP contribution in [0.15, 0.2) is 40.9 Å². The number of rotatable bonds is 4. The number of aromatic nitrogens is 2. The number of nitrogens with zero attached hydrogens (tertiary/aromatic N) is 3. The number of halogens is 3. The van der Waals surface area contributed by atoms with Crippen molar-refractivity contribution < 1.29 is 0 Å². The largest absolute Gasteiger partial charge is 0.249 e. The highest BCUT2D eigenvalue weighted by molar-refractivity contribution is 9.10. The monoisotopic (exact) mass is 572 g/mol. The van der Waals surface area contributed by atoms with E-state index in [9.17, 15) is 0 Å². The first-order chi connectivity index (χ1) is 17.0. The molecule has 3 aliphatic rings. The van der Waals surface area contributed by atoms with Gasteiger partial charge in [0.25, 0.3) is 0 Å². The molecule has 1 saturated heterocycles. The van der Waals surface area contributed by atoms with E-state index < -0.39 is 0 Å². The second-order valence-electron chi connectivity index (χ2n) is 10.5. The highest BCUT2D eigenvalue weighted by Crippen LogP contribution is 2.44. The van der Waals surface area contributed by atoms with Gasteiger partial charge in [-0.25, -0.2) is 15.1 Å². The van der Waals surface area contributed by atoms with Crippen molar-refractivity contribution in [1.82, 2.24) is 20.2 Å². The summed E-state index contributed by atoms with van der Waals surface area (Å²) < 4.78 is 3.14. The maximum absolute atomic E-state index is 6.66. The van der Waals surface area contributed by atoms with Crippen LogP contribution in [-0.4, -0.2) is 27.9 Å². The lowest BCUT2D eigenvalue weighted by Gasteiger charge is -2.44. The number of hydrogen-bond donors (Lipinski definition) is 1. The molecule has 1 saturated carbocycles. The van der Waals surface area contributed by atoms with Crippen molar-refractivity contribution in [3.05, 3.63) is 67.7 Å². The highest BCUT2D eigenvalue weighted by Gasteiger charge is 2.35. The van der Waals surface area contributed by atoms with Crippen molar-refractivity contribution in [3.8, 4) is 16.9 Å². The Kier molecular flexibility index (Phi) is 6.74. The minimum absolute atomic E-state index is 0.611. The van der Waals surface area contributed by atoms with E-state index in [-0.39, 0.29) is 0 Å². The lowest BCUT2D eigenvalue weighted by molar-refractivity contribution is 0.0383. The van der Waals surface area contributed by atoms with Crippen molar-refractivity contribution in [2.45, 2.75) is 64.3 Å². The van der Waals surface area contributed by atoms with Crippen LogP contribution in [0.1, 0.15) is 61.8 Å². The van der Waals surface area contributed by atoms with E-state index in [1.807, 2.05) is 16.8 Å². The van der Waals surface area contributed by atoms with Crippen LogP contribution in [0, 0.1) is 5.41 Å². The van der Waals surface area contributed by atoms with E-state index in [1.54, 1.807) is 6.07 Å². The van der Waals surface area contributed by atoms with E-state index in [0.717, 1.165) is 54.0 Å². The van der Waals surface area contributed by atoms with Gasteiger partial charge in [0.15, 0.2) is 0 Å². The van der Waals surface area contributed by atoms with E-state index >= 15 is 0 Å². The molecule has 0 atom stereocenters. The lowest BCUT2D eigenvalue weighted by atomic mass is 9.68. The van der Waals surface area contributed by atoms with Crippen molar-refractivity contribution in [1.29, 1.82) is 0 Å². The average Bonchev–Trinajstić information content (AvgIpc) is 3.23. The Hall–Kier alpha value is -1.37. The van der Waals surface area contributed by atoms with Gasteiger partial charge in [0.1, 0.15) is 0 Å². The van der Waals surface area contributed by atoms with Crippen LogP contribution in [0.5, 0.6) is 0 Å². The summed E-state index contributed by atoms with van der Waals surface area (Å²) in [6.07, 6.45) is 11.7. The molecule has 1 aliphatic heterocycles. The molecule has 0 amide bonds. The van der Waals surface area contributed by atoms with Crippen LogP contribution in [-0.2, 0) is 19.4 Å². The Morgan fingerprint density at radius 3 is 2.51 bits per heavy atom. The van der Waals surface area contributed by atoms with Gasteiger partial charge in [-0.3, -0.25) is 0 Å². The van der Waals surface area contributed by atoms with Crippen LogP contribution < -0.4 is 5.43 Å². The third-order valence-electron chi connectivity index (χ3n) is 8.38. The molecule has 0 radical (unpaired) electrons. The molecule has 2 fully saturated rings. The van der Waals surface area contributed by atoms with Gasteiger partial charge in [-0.1, -0.05) is 64.5 Å². The second-order valence-corrected chi connectivity index (χ2v) is 12.2. The molecule has 1 spiro atoms. The minimum Gasteiger partial charge on any atom is -0.249 e. The number of nitrogens with one attached hydrogen (secondary N) is 1. The van der Waals surface area contributed by atoms with Crippen LogP contribution in [0.4, 0.5) is 0 Å². The van der Waals surface area contributed by atoms with Crippen molar-refractivity contribution in [2.24, 2.45) is 5.41 Å². The molecule has 0 bridgehead atoms. The maximum Gasteiger partial charge on any atom is 0.0840 e. The van der Waals surface area contributed by atoms with Crippen molar-refractivity contribution in [2.75, 3.05) is 13.1 Å². The predicted octanol–water partition coefficient (Wildman–Crippen LogP) is 7.76. The Morgan fingerprint density at radius 2 is 1.74 bits per heavy atom. The number of piperidine rings is 1. The fourth-order valence-electron chi connectivity index (χ4n) is 6.39. The molecule has 35 heavy (non-hydrogen) atoms. The fraction of sp³-hybridized carbons (Fsp3) is 0.464. The standard InChI is InChI=1S/C28H31BrCl2N4/c29-20-5-8-22-19(16-20)4-7-23-25(33-35(27(22)23)26-9-6-21(30)17-24(26)31)18-32-34-14-12-28(13-15-34)10-2-1-3-11-28/h5-6,8-9,16-17,32H,1-4,7,10-15,18H2. The Morgan fingerprint density at radius 1 is 0.943 bits per heavy atom. The molecule has 1 N–H and O–H groups in total. The molecule has 1 aromatic heterocycles. The highest BCUT2D eigenvalue weighted by atomic mass is 79.9. The first kappa shape index (κ1) is 24.0. The normalized spacial score (nSPS) is 19.5. The first-order valence-corrected chi connectivity index (χ1v) is 14.4. The summed E-state index contributed by atoms with van der Waals surface area (Å²) in [5.41, 5.74) is 11.4. The van der Waals surface area contributed by atoms with E-state index in [2.05, 4.69) is 44.6 Å². The van der Waals surface area contributed by atoms with Crippen molar-refractivity contribution >= 4 is 39.1 Å². The number of hydrogen-bond acceptors (Lipinski definition) is 3. The SMILES string of the molecule is Clc1ccc(-n2nc(CNN3CCC4(CCCCC4)CC3)c3c2-c2ccc(Br)cc2CC3)c(Cl)c1. The zero-order chi connectivity index (χ0) is 24.0. The zero-order valence-corrected chi connectivity index (χ0v) is 23.0. The number of hydrazine groups is 1. The van der Waals surface area contributed by atoms with Gasteiger partial charge in [0, 0.05) is 33.7 Å². The van der Waals surface area contributed by atoms with Crippen LogP contribution >= 0.6 is 39.1 Å². The van der Waals surface area contributed by atoms with Gasteiger partial charge in [-0.2, -0.15) is 5.10 Å². The molecular weight excluding hydrogens is 543 g/mol. The predicted molar refractivity (Wildman–Crippen MR) is 147 cm³/mol. The maximum atomic E-state index is 6.66. The topological polar surface area (TPSA) is 33.1 Å². The summed E-state index contributed by atoms with van der Waals surface area (Å²) in [6, 6.07) is 12.2. The first-order valence-electron chi connectivity index (χ1n) is 12.8. The molecule has 2 aromatic carbocycles. The van der Waals surface area contributed by atoms with E-state index in [1.165, 1.54) is 61.6 Å². The summed E-state index contributed by atoms with van der Waals surface area (Å²) in [5.74, 6) is 0. The number of fused-ring (bicyclic) bond motifs is 3. The van der Waals surface area contributed by atoms with Gasteiger partial charge in [-0.15, -0.1) is 0 Å². The molecule has 6 rings (SSSR count). The van der Waals surface area contributed by atoms with Gasteiger partial charge in [-0.05, 0) is 79.8 Å². The third kappa shape index (κ3) is 4.71. The van der Waals surface area contributed by atoms with Gasteiger partial charge in [0.05, 0.1) is 28.6 Å².